The molecule has 3 fully saturated rings. The van der Waals surface area contributed by atoms with Crippen LogP contribution in [0, 0.1) is 6.92 Å². The van der Waals surface area contributed by atoms with Gasteiger partial charge in [0.1, 0.15) is 5.82 Å². The summed E-state index contributed by atoms with van der Waals surface area (Å²) in [4.78, 5) is 16.7. The van der Waals surface area contributed by atoms with E-state index in [1.807, 2.05) is 0 Å². The van der Waals surface area contributed by atoms with Gasteiger partial charge in [0.05, 0.1) is 5.60 Å². The van der Waals surface area contributed by atoms with Crippen molar-refractivity contribution in [1.82, 2.24) is 14.9 Å². The molecule has 6 heteroatoms. The molecular weight excluding hydrogens is 326 g/mol. The number of nitrogens with zero attached hydrogens (tertiary/aromatic N) is 5. The number of aliphatic hydroxyl groups is 1. The molecule has 0 unspecified atom stereocenters. The first-order valence-corrected chi connectivity index (χ1v) is 10.4. The van der Waals surface area contributed by atoms with Crippen LogP contribution in [-0.2, 0) is 0 Å². The van der Waals surface area contributed by atoms with Crippen LogP contribution >= 0.6 is 0 Å². The zero-order valence-electron chi connectivity index (χ0n) is 16.2. The molecule has 3 aliphatic rings. The van der Waals surface area contributed by atoms with E-state index in [1.54, 1.807) is 0 Å². The monoisotopic (exact) mass is 359 g/mol. The van der Waals surface area contributed by atoms with Gasteiger partial charge in [0.2, 0.25) is 5.95 Å². The van der Waals surface area contributed by atoms with Crippen LogP contribution in [-0.4, -0.2) is 71.4 Å². The summed E-state index contributed by atoms with van der Waals surface area (Å²) in [5.41, 5.74) is 0.602. The van der Waals surface area contributed by atoms with Gasteiger partial charge in [-0.15, -0.1) is 0 Å². The number of β-amino-alcohol motifs (C(OH)–C–C–N with tert-alkyl or cyclic N) is 1. The van der Waals surface area contributed by atoms with Crippen molar-refractivity contribution in [1.29, 1.82) is 0 Å². The molecule has 0 aromatic carbocycles. The van der Waals surface area contributed by atoms with E-state index in [0.29, 0.717) is 0 Å². The van der Waals surface area contributed by atoms with Crippen LogP contribution in [0.1, 0.15) is 50.6 Å². The molecule has 1 aromatic heterocycles. The van der Waals surface area contributed by atoms with Crippen LogP contribution in [0.3, 0.4) is 0 Å². The number of hydrogen-bond donors (Lipinski definition) is 1. The minimum atomic E-state index is -0.450. The van der Waals surface area contributed by atoms with Crippen molar-refractivity contribution in [2.24, 2.45) is 0 Å². The second-order valence-electron chi connectivity index (χ2n) is 8.41. The Bertz CT molecular complexity index is 602. The topological polar surface area (TPSA) is 55.7 Å². The minimum Gasteiger partial charge on any atom is -0.389 e. The fourth-order valence-electron chi connectivity index (χ4n) is 4.68. The highest BCUT2D eigenvalue weighted by molar-refractivity contribution is 5.46. The van der Waals surface area contributed by atoms with Gasteiger partial charge in [-0.05, 0) is 32.6 Å². The lowest BCUT2D eigenvalue weighted by Crippen LogP contribution is -2.52. The Morgan fingerprint density at radius 3 is 2.27 bits per heavy atom. The average molecular weight is 360 g/mol. The highest BCUT2D eigenvalue weighted by Gasteiger charge is 2.32. The molecule has 1 N–H and O–H groups in total. The zero-order valence-corrected chi connectivity index (χ0v) is 16.2. The Morgan fingerprint density at radius 2 is 1.58 bits per heavy atom. The first kappa shape index (κ1) is 18.0. The van der Waals surface area contributed by atoms with Gasteiger partial charge in [0, 0.05) is 57.6 Å². The third kappa shape index (κ3) is 4.12. The molecule has 0 amide bonds. The summed E-state index contributed by atoms with van der Waals surface area (Å²) >= 11 is 0. The fourth-order valence-corrected chi connectivity index (χ4v) is 4.68. The van der Waals surface area contributed by atoms with E-state index in [9.17, 15) is 5.11 Å². The Labute approximate surface area is 157 Å². The second kappa shape index (κ2) is 7.69. The van der Waals surface area contributed by atoms with E-state index in [2.05, 4.69) is 32.7 Å². The molecule has 1 saturated carbocycles. The predicted molar refractivity (Wildman–Crippen MR) is 105 cm³/mol. The first-order chi connectivity index (χ1) is 12.6. The number of aromatic nitrogens is 2. The predicted octanol–water partition coefficient (Wildman–Crippen LogP) is 2.20. The van der Waals surface area contributed by atoms with E-state index >= 15 is 0 Å². The van der Waals surface area contributed by atoms with E-state index in [-0.39, 0.29) is 0 Å². The first-order valence-electron chi connectivity index (χ1n) is 10.4. The van der Waals surface area contributed by atoms with Gasteiger partial charge in [0.25, 0.3) is 0 Å². The lowest BCUT2D eigenvalue weighted by molar-refractivity contribution is -0.0271. The van der Waals surface area contributed by atoms with Gasteiger partial charge >= 0.3 is 0 Å². The number of hydrogen-bond acceptors (Lipinski definition) is 6. The molecule has 26 heavy (non-hydrogen) atoms. The summed E-state index contributed by atoms with van der Waals surface area (Å²) in [6.07, 6.45) is 8.06. The maximum Gasteiger partial charge on any atom is 0.227 e. The van der Waals surface area contributed by atoms with E-state index < -0.39 is 5.60 Å². The molecule has 3 heterocycles. The summed E-state index contributed by atoms with van der Waals surface area (Å²) in [5.74, 6) is 1.96. The fraction of sp³-hybridized carbons (Fsp3) is 0.800. The molecule has 2 aliphatic heterocycles. The maximum absolute atomic E-state index is 10.8. The Morgan fingerprint density at radius 1 is 0.885 bits per heavy atom. The van der Waals surface area contributed by atoms with Gasteiger partial charge in [-0.3, -0.25) is 4.90 Å². The van der Waals surface area contributed by atoms with Gasteiger partial charge < -0.3 is 14.9 Å². The molecular formula is C20H33N5O. The van der Waals surface area contributed by atoms with Crippen molar-refractivity contribution in [3.63, 3.8) is 0 Å². The smallest absolute Gasteiger partial charge is 0.227 e. The number of anilines is 2. The molecule has 0 atom stereocenters. The molecule has 4 rings (SSSR count). The summed E-state index contributed by atoms with van der Waals surface area (Å²) < 4.78 is 0. The lowest BCUT2D eigenvalue weighted by atomic mass is 9.84. The Kier molecular flexibility index (Phi) is 5.32. The molecule has 0 spiro atoms. The van der Waals surface area contributed by atoms with Crippen LogP contribution in [0.5, 0.6) is 0 Å². The SMILES string of the molecule is Cc1cc(N2CCN(CC3(O)CCCCC3)CC2)nc(N2CCCC2)n1. The van der Waals surface area contributed by atoms with Gasteiger partial charge in [-0.2, -0.15) is 4.98 Å². The Hall–Kier alpha value is -1.40. The summed E-state index contributed by atoms with van der Waals surface area (Å²) in [6, 6.07) is 2.11. The molecule has 0 bridgehead atoms. The van der Waals surface area contributed by atoms with Crippen molar-refractivity contribution in [2.75, 3.05) is 55.6 Å². The van der Waals surface area contributed by atoms with Crippen molar-refractivity contribution in [2.45, 2.75) is 57.5 Å². The van der Waals surface area contributed by atoms with Crippen molar-refractivity contribution < 1.29 is 5.11 Å². The van der Waals surface area contributed by atoms with Crippen LogP contribution in [0.2, 0.25) is 0 Å². The maximum atomic E-state index is 10.8. The lowest BCUT2D eigenvalue weighted by Gasteiger charge is -2.41. The van der Waals surface area contributed by atoms with Crippen LogP contribution in [0.4, 0.5) is 11.8 Å². The van der Waals surface area contributed by atoms with E-state index in [1.165, 1.54) is 32.1 Å². The number of piperazine rings is 1. The molecule has 1 aliphatic carbocycles. The van der Waals surface area contributed by atoms with Crippen molar-refractivity contribution in [3.05, 3.63) is 11.8 Å². The Balaban J connectivity index is 1.37. The molecule has 0 radical (unpaired) electrons. The highest BCUT2D eigenvalue weighted by atomic mass is 16.3. The average Bonchev–Trinajstić information content (AvgIpc) is 3.17. The zero-order chi connectivity index (χ0) is 18.0. The quantitative estimate of drug-likeness (QED) is 0.889. The van der Waals surface area contributed by atoms with Crippen LogP contribution in [0.15, 0.2) is 6.07 Å². The summed E-state index contributed by atoms with van der Waals surface area (Å²) in [7, 11) is 0. The van der Waals surface area contributed by atoms with E-state index in [0.717, 1.165) is 76.1 Å². The second-order valence-corrected chi connectivity index (χ2v) is 8.41. The molecule has 6 nitrogen and oxygen atoms in total. The number of aryl methyl sites for hydroxylation is 1. The standard InChI is InChI=1S/C20H33N5O/c1-17-15-18(22-19(21-17)25-9-5-6-10-25)24-13-11-23(12-14-24)16-20(26)7-3-2-4-8-20/h15,26H,2-14,16H2,1H3. The van der Waals surface area contributed by atoms with Gasteiger partial charge in [-0.25, -0.2) is 4.98 Å². The van der Waals surface area contributed by atoms with Gasteiger partial charge in [-0.1, -0.05) is 19.3 Å². The van der Waals surface area contributed by atoms with Crippen molar-refractivity contribution in [3.8, 4) is 0 Å². The third-order valence-electron chi connectivity index (χ3n) is 6.22. The normalized spacial score (nSPS) is 24.2. The van der Waals surface area contributed by atoms with Crippen LogP contribution < -0.4 is 9.80 Å². The molecule has 2 saturated heterocycles. The highest BCUT2D eigenvalue weighted by Crippen LogP contribution is 2.29. The van der Waals surface area contributed by atoms with Crippen LogP contribution in [0.25, 0.3) is 0 Å². The summed E-state index contributed by atoms with van der Waals surface area (Å²) in [6.45, 7) is 9.03. The van der Waals surface area contributed by atoms with E-state index in [4.69, 9.17) is 4.98 Å². The largest absolute Gasteiger partial charge is 0.389 e. The number of rotatable bonds is 4. The van der Waals surface area contributed by atoms with Crippen molar-refractivity contribution >= 4 is 11.8 Å². The molecule has 144 valence electrons. The van der Waals surface area contributed by atoms with Gasteiger partial charge in [0.15, 0.2) is 0 Å². The summed E-state index contributed by atoms with van der Waals surface area (Å²) in [5, 5.41) is 10.8. The third-order valence-corrected chi connectivity index (χ3v) is 6.22. The molecule has 1 aromatic rings. The minimum absolute atomic E-state index is 0.450.